The fourth-order valence-electron chi connectivity index (χ4n) is 4.42. The fraction of sp³-hybridized carbons (Fsp3) is 0.500. The van der Waals surface area contributed by atoms with Crippen LogP contribution in [-0.4, -0.2) is 75.6 Å². The number of aromatic nitrogens is 3. The van der Waals surface area contributed by atoms with Crippen LogP contribution in [0.25, 0.3) is 0 Å². The van der Waals surface area contributed by atoms with Gasteiger partial charge < -0.3 is 9.47 Å². The number of rotatable bonds is 8. The Morgan fingerprint density at radius 1 is 1.03 bits per heavy atom. The third-order valence-electron chi connectivity index (χ3n) is 6.31. The highest BCUT2D eigenvalue weighted by Gasteiger charge is 2.36. The molecule has 0 N–H and O–H groups in total. The second-order valence-electron chi connectivity index (χ2n) is 8.47. The van der Waals surface area contributed by atoms with E-state index in [1.54, 1.807) is 36.2 Å². The van der Waals surface area contributed by atoms with Crippen molar-refractivity contribution >= 4 is 27.6 Å². The zero-order valence-electron chi connectivity index (χ0n) is 18.5. The van der Waals surface area contributed by atoms with Crippen LogP contribution in [0.5, 0.6) is 0 Å². The lowest BCUT2D eigenvalue weighted by Crippen LogP contribution is -2.42. The zero-order valence-corrected chi connectivity index (χ0v) is 19.3. The Bertz CT molecular complexity index is 1130. The summed E-state index contributed by atoms with van der Waals surface area (Å²) in [6.07, 6.45) is 4.48. The van der Waals surface area contributed by atoms with Gasteiger partial charge in [-0.2, -0.15) is 0 Å². The number of aryl methyl sites for hydroxylation is 1. The van der Waals surface area contributed by atoms with Crippen molar-refractivity contribution in [2.75, 3.05) is 19.6 Å². The molecule has 2 aliphatic rings. The van der Waals surface area contributed by atoms with Gasteiger partial charge in [-0.25, -0.2) is 8.42 Å². The number of nitrogens with zero attached hydrogens (tertiary/aromatic N) is 5. The molecule has 2 aromatic rings. The maximum Gasteiger partial charge on any atom is 0.261 e. The number of hydrogen-bond acceptors (Lipinski definition) is 7. The molecule has 1 saturated heterocycles. The smallest absolute Gasteiger partial charge is 0.261 e. The number of imide groups is 1. The number of hydrogen-bond donors (Lipinski definition) is 0. The molecule has 1 fully saturated rings. The quantitative estimate of drug-likeness (QED) is 0.420. The normalized spacial score (nSPS) is 17.0. The molecule has 0 saturated carbocycles. The number of unbranched alkanes of at least 4 members (excludes halogenated alkanes) is 2. The molecule has 0 aliphatic carbocycles. The third-order valence-corrected chi connectivity index (χ3v) is 8.54. The van der Waals surface area contributed by atoms with Gasteiger partial charge in [0.05, 0.1) is 16.4 Å². The average Bonchev–Trinajstić information content (AvgIpc) is 3.36. The van der Waals surface area contributed by atoms with Gasteiger partial charge in [-0.1, -0.05) is 18.6 Å². The summed E-state index contributed by atoms with van der Waals surface area (Å²) in [4.78, 5) is 40.3. The molecule has 0 unspecified atom stereocenters. The molecule has 11 heteroatoms. The Balaban J connectivity index is 1.18. The number of sulfone groups is 1. The number of benzene rings is 1. The van der Waals surface area contributed by atoms with Crippen LogP contribution in [0, 0.1) is 0 Å². The lowest BCUT2D eigenvalue weighted by atomic mass is 10.1. The van der Waals surface area contributed by atoms with E-state index >= 15 is 0 Å². The molecule has 10 nitrogen and oxygen atoms in total. The summed E-state index contributed by atoms with van der Waals surface area (Å²) >= 11 is 0. The Morgan fingerprint density at radius 2 is 1.67 bits per heavy atom. The summed E-state index contributed by atoms with van der Waals surface area (Å²) < 4.78 is 26.9. The Kier molecular flexibility index (Phi) is 6.59. The van der Waals surface area contributed by atoms with Crippen molar-refractivity contribution in [1.29, 1.82) is 0 Å². The van der Waals surface area contributed by atoms with Gasteiger partial charge in [-0.05, 0) is 37.8 Å². The molecule has 0 spiro atoms. The van der Waals surface area contributed by atoms with E-state index in [1.807, 2.05) is 0 Å². The van der Waals surface area contributed by atoms with Gasteiger partial charge in [0.1, 0.15) is 6.33 Å². The summed E-state index contributed by atoms with van der Waals surface area (Å²) in [5, 5.41) is 6.77. The lowest BCUT2D eigenvalue weighted by Gasteiger charge is -2.31. The van der Waals surface area contributed by atoms with Crippen molar-refractivity contribution in [3.05, 3.63) is 41.7 Å². The van der Waals surface area contributed by atoms with Gasteiger partial charge >= 0.3 is 0 Å². The molecule has 0 bridgehead atoms. The second-order valence-corrected chi connectivity index (χ2v) is 10.6. The molecule has 3 heterocycles. The maximum absolute atomic E-state index is 12.7. The average molecular weight is 474 g/mol. The SMILES string of the molecule is Cn1cnnc1S(=O)(=O)C1CCN(C(=O)CCCCCN2C(=O)c3ccccc3C2=O)CC1. The molecule has 1 aromatic carbocycles. The summed E-state index contributed by atoms with van der Waals surface area (Å²) in [6.45, 7) is 1.14. The van der Waals surface area contributed by atoms with E-state index in [0.717, 1.165) is 6.42 Å². The number of piperidine rings is 1. The van der Waals surface area contributed by atoms with Crippen LogP contribution in [0.4, 0.5) is 0 Å². The van der Waals surface area contributed by atoms with Crippen molar-refractivity contribution in [3.63, 3.8) is 0 Å². The minimum absolute atomic E-state index is 0.00485. The summed E-state index contributed by atoms with van der Waals surface area (Å²) in [6, 6.07) is 6.81. The van der Waals surface area contributed by atoms with E-state index in [9.17, 15) is 22.8 Å². The van der Waals surface area contributed by atoms with Crippen LogP contribution >= 0.6 is 0 Å². The fourth-order valence-corrected chi connectivity index (χ4v) is 6.16. The number of fused-ring (bicyclic) bond motifs is 1. The highest BCUT2D eigenvalue weighted by atomic mass is 32.2. The molecule has 33 heavy (non-hydrogen) atoms. The maximum atomic E-state index is 12.7. The third kappa shape index (κ3) is 4.54. The first-order valence-electron chi connectivity index (χ1n) is 11.1. The Hall–Kier alpha value is -3.08. The van der Waals surface area contributed by atoms with Crippen LogP contribution in [0.2, 0.25) is 0 Å². The molecular weight excluding hydrogens is 446 g/mol. The van der Waals surface area contributed by atoms with E-state index < -0.39 is 15.1 Å². The Morgan fingerprint density at radius 3 is 2.24 bits per heavy atom. The minimum Gasteiger partial charge on any atom is -0.343 e. The molecule has 3 amide bonds. The Labute approximate surface area is 192 Å². The second kappa shape index (κ2) is 9.42. The molecule has 4 rings (SSSR count). The number of likely N-dealkylation sites (tertiary alicyclic amines) is 1. The van der Waals surface area contributed by atoms with Crippen molar-refractivity contribution < 1.29 is 22.8 Å². The van der Waals surface area contributed by atoms with Crippen molar-refractivity contribution in [2.24, 2.45) is 7.05 Å². The first-order chi connectivity index (χ1) is 15.8. The van der Waals surface area contributed by atoms with E-state index in [2.05, 4.69) is 10.2 Å². The molecule has 2 aliphatic heterocycles. The highest BCUT2D eigenvalue weighted by molar-refractivity contribution is 7.91. The van der Waals surface area contributed by atoms with Crippen LogP contribution < -0.4 is 0 Å². The summed E-state index contributed by atoms with van der Waals surface area (Å²) in [5.41, 5.74) is 0.893. The van der Waals surface area contributed by atoms with E-state index in [4.69, 9.17) is 0 Å². The number of carbonyl (C=O) groups is 3. The lowest BCUT2D eigenvalue weighted by molar-refractivity contribution is -0.132. The standard InChI is InChI=1S/C22H27N5O5S/c1-25-15-23-24-22(25)33(31,32)16-10-13-26(14-11-16)19(28)9-3-2-6-12-27-20(29)17-7-4-5-8-18(17)21(27)30/h4-5,7-8,15-16H,2-3,6,9-14H2,1H3. The number of amides is 3. The van der Waals surface area contributed by atoms with Crippen LogP contribution in [-0.2, 0) is 21.7 Å². The van der Waals surface area contributed by atoms with Crippen molar-refractivity contribution in [1.82, 2.24) is 24.6 Å². The van der Waals surface area contributed by atoms with Crippen LogP contribution in [0.3, 0.4) is 0 Å². The van der Waals surface area contributed by atoms with Gasteiger partial charge in [0, 0.05) is 33.1 Å². The monoisotopic (exact) mass is 473 g/mol. The topological polar surface area (TPSA) is 123 Å². The molecular formula is C22H27N5O5S. The molecule has 0 radical (unpaired) electrons. The van der Waals surface area contributed by atoms with E-state index in [1.165, 1.54) is 15.8 Å². The van der Waals surface area contributed by atoms with Gasteiger partial charge in [0.2, 0.25) is 20.9 Å². The highest BCUT2D eigenvalue weighted by Crippen LogP contribution is 2.25. The predicted octanol–water partition coefficient (Wildman–Crippen LogP) is 1.44. The first-order valence-corrected chi connectivity index (χ1v) is 12.7. The summed E-state index contributed by atoms with van der Waals surface area (Å²) in [7, 11) is -1.97. The summed E-state index contributed by atoms with van der Waals surface area (Å²) in [5.74, 6) is -0.512. The first kappa shape index (κ1) is 23.1. The number of carbonyl (C=O) groups excluding carboxylic acids is 3. The predicted molar refractivity (Wildman–Crippen MR) is 118 cm³/mol. The van der Waals surface area contributed by atoms with Gasteiger partial charge in [-0.3, -0.25) is 19.3 Å². The molecule has 1 aromatic heterocycles. The van der Waals surface area contributed by atoms with Crippen molar-refractivity contribution in [2.45, 2.75) is 48.9 Å². The van der Waals surface area contributed by atoms with E-state index in [-0.39, 0.29) is 22.9 Å². The molecule has 176 valence electrons. The largest absolute Gasteiger partial charge is 0.343 e. The van der Waals surface area contributed by atoms with E-state index in [0.29, 0.717) is 62.9 Å². The van der Waals surface area contributed by atoms with Crippen molar-refractivity contribution in [3.8, 4) is 0 Å². The van der Waals surface area contributed by atoms with Gasteiger partial charge in [0.25, 0.3) is 11.8 Å². The van der Waals surface area contributed by atoms with Gasteiger partial charge in [0.15, 0.2) is 0 Å². The zero-order chi connectivity index (χ0) is 23.6. The molecule has 0 atom stereocenters. The van der Waals surface area contributed by atoms with Crippen LogP contribution in [0.15, 0.2) is 35.7 Å². The van der Waals surface area contributed by atoms with Crippen LogP contribution in [0.1, 0.15) is 59.2 Å². The van der Waals surface area contributed by atoms with Gasteiger partial charge in [-0.15, -0.1) is 10.2 Å². The minimum atomic E-state index is -3.57.